The van der Waals surface area contributed by atoms with E-state index in [1.165, 1.54) is 12.0 Å². The Morgan fingerprint density at radius 2 is 1.71 bits per heavy atom. The first-order chi connectivity index (χ1) is 10.2. The van der Waals surface area contributed by atoms with Crippen molar-refractivity contribution in [2.75, 3.05) is 39.3 Å². The fraction of sp³-hybridized carbons (Fsp3) is 0.647. The van der Waals surface area contributed by atoms with Crippen molar-refractivity contribution in [1.29, 1.82) is 0 Å². The predicted molar refractivity (Wildman–Crippen MR) is 95.6 cm³/mol. The highest BCUT2D eigenvalue weighted by atomic mass is 79.9. The molecule has 3 nitrogen and oxygen atoms in total. The lowest BCUT2D eigenvalue weighted by atomic mass is 10.1. The molecule has 0 heterocycles. The zero-order chi connectivity index (χ0) is 15.7. The van der Waals surface area contributed by atoms with Gasteiger partial charge < -0.3 is 10.6 Å². The lowest BCUT2D eigenvalue weighted by molar-refractivity contribution is 0.193. The van der Waals surface area contributed by atoms with Gasteiger partial charge in [0.1, 0.15) is 0 Å². The van der Waals surface area contributed by atoms with Crippen LogP contribution in [0.15, 0.2) is 28.7 Å². The van der Waals surface area contributed by atoms with Crippen LogP contribution in [0, 0.1) is 0 Å². The molecule has 4 heteroatoms. The first-order valence-corrected chi connectivity index (χ1v) is 8.88. The molecule has 0 aliphatic rings. The monoisotopic (exact) mass is 355 g/mol. The molecular formula is C17H30BrN3. The van der Waals surface area contributed by atoms with Crippen molar-refractivity contribution in [3.63, 3.8) is 0 Å². The van der Waals surface area contributed by atoms with Crippen molar-refractivity contribution < 1.29 is 0 Å². The van der Waals surface area contributed by atoms with Gasteiger partial charge in [-0.2, -0.15) is 0 Å². The Morgan fingerprint density at radius 1 is 1.05 bits per heavy atom. The number of hydrogen-bond donors (Lipinski definition) is 1. The van der Waals surface area contributed by atoms with Crippen LogP contribution >= 0.6 is 15.9 Å². The molecule has 2 N–H and O–H groups in total. The molecule has 0 aromatic heterocycles. The topological polar surface area (TPSA) is 32.5 Å². The van der Waals surface area contributed by atoms with E-state index in [2.05, 4.69) is 70.8 Å². The van der Waals surface area contributed by atoms with Gasteiger partial charge in [-0.3, -0.25) is 4.90 Å². The molecule has 0 amide bonds. The van der Waals surface area contributed by atoms with Crippen molar-refractivity contribution in [3.05, 3.63) is 34.3 Å². The molecule has 0 aliphatic carbocycles. The van der Waals surface area contributed by atoms with Crippen molar-refractivity contribution in [1.82, 2.24) is 9.80 Å². The van der Waals surface area contributed by atoms with E-state index in [4.69, 9.17) is 5.73 Å². The van der Waals surface area contributed by atoms with E-state index in [-0.39, 0.29) is 0 Å². The van der Waals surface area contributed by atoms with E-state index in [1.807, 2.05) is 0 Å². The molecule has 0 saturated carbocycles. The first kappa shape index (κ1) is 18.6. The summed E-state index contributed by atoms with van der Waals surface area (Å²) in [6.45, 7) is 12.9. The summed E-state index contributed by atoms with van der Waals surface area (Å²) in [6, 6.07) is 8.71. The Hall–Kier alpha value is -0.420. The summed E-state index contributed by atoms with van der Waals surface area (Å²) in [4.78, 5) is 4.97. The Labute approximate surface area is 138 Å². The molecule has 0 radical (unpaired) electrons. The number of benzene rings is 1. The van der Waals surface area contributed by atoms with Gasteiger partial charge in [0.25, 0.3) is 0 Å². The Bertz CT molecular complexity index is 393. The summed E-state index contributed by atoms with van der Waals surface area (Å²) in [6.07, 6.45) is 1.19. The van der Waals surface area contributed by atoms with Crippen LogP contribution in [0.3, 0.4) is 0 Å². The zero-order valence-corrected chi connectivity index (χ0v) is 15.3. The highest BCUT2D eigenvalue weighted by Crippen LogP contribution is 2.27. The summed E-state index contributed by atoms with van der Waals surface area (Å²) >= 11 is 3.66. The summed E-state index contributed by atoms with van der Waals surface area (Å²) in [5.74, 6) is 0. The molecule has 1 unspecified atom stereocenters. The summed E-state index contributed by atoms with van der Waals surface area (Å²) in [7, 11) is 0. The Balaban J connectivity index is 2.66. The normalized spacial score (nSPS) is 13.1. The van der Waals surface area contributed by atoms with Crippen LogP contribution < -0.4 is 5.73 Å². The van der Waals surface area contributed by atoms with Crippen molar-refractivity contribution in [3.8, 4) is 0 Å². The van der Waals surface area contributed by atoms with E-state index >= 15 is 0 Å². The average molecular weight is 356 g/mol. The number of rotatable bonds is 10. The van der Waals surface area contributed by atoms with Crippen LogP contribution in [0.4, 0.5) is 0 Å². The summed E-state index contributed by atoms with van der Waals surface area (Å²) in [5.41, 5.74) is 7.36. The number of hydrogen-bond acceptors (Lipinski definition) is 3. The molecule has 0 aliphatic heterocycles. The second-order valence-electron chi connectivity index (χ2n) is 5.28. The molecular weight excluding hydrogens is 326 g/mol. The molecule has 21 heavy (non-hydrogen) atoms. The van der Waals surface area contributed by atoms with Gasteiger partial charge in [-0.15, -0.1) is 0 Å². The van der Waals surface area contributed by atoms with Crippen LogP contribution in [-0.4, -0.2) is 49.1 Å². The van der Waals surface area contributed by atoms with Crippen LogP contribution in [-0.2, 0) is 0 Å². The largest absolute Gasteiger partial charge is 0.329 e. The number of nitrogens with zero attached hydrogens (tertiary/aromatic N) is 2. The van der Waals surface area contributed by atoms with E-state index in [9.17, 15) is 0 Å². The minimum Gasteiger partial charge on any atom is -0.329 e. The van der Waals surface area contributed by atoms with Gasteiger partial charge in [-0.25, -0.2) is 0 Å². The number of halogens is 1. The summed E-state index contributed by atoms with van der Waals surface area (Å²) < 4.78 is 1.16. The average Bonchev–Trinajstić information content (AvgIpc) is 2.52. The fourth-order valence-electron chi connectivity index (χ4n) is 2.79. The SMILES string of the molecule is CCN(CC)CCCN(CC)C(CN)c1ccccc1Br. The highest BCUT2D eigenvalue weighted by molar-refractivity contribution is 9.10. The molecule has 0 bridgehead atoms. The lowest BCUT2D eigenvalue weighted by Gasteiger charge is -2.31. The third-order valence-corrected chi connectivity index (χ3v) is 4.87. The minimum absolute atomic E-state index is 0.294. The maximum absolute atomic E-state index is 6.06. The Kier molecular flexibility index (Phi) is 9.16. The van der Waals surface area contributed by atoms with Gasteiger partial charge in [0.2, 0.25) is 0 Å². The lowest BCUT2D eigenvalue weighted by Crippen LogP contribution is -2.36. The quantitative estimate of drug-likeness (QED) is 0.696. The van der Waals surface area contributed by atoms with E-state index in [1.54, 1.807) is 0 Å². The Morgan fingerprint density at radius 3 is 2.24 bits per heavy atom. The second kappa shape index (κ2) is 10.3. The smallest absolute Gasteiger partial charge is 0.0481 e. The van der Waals surface area contributed by atoms with Crippen molar-refractivity contribution >= 4 is 15.9 Å². The van der Waals surface area contributed by atoms with Crippen LogP contribution in [0.2, 0.25) is 0 Å². The van der Waals surface area contributed by atoms with E-state index < -0.39 is 0 Å². The van der Waals surface area contributed by atoms with E-state index in [0.29, 0.717) is 12.6 Å². The van der Waals surface area contributed by atoms with Gasteiger partial charge in [-0.05, 0) is 44.2 Å². The fourth-order valence-corrected chi connectivity index (χ4v) is 3.34. The van der Waals surface area contributed by atoms with Crippen LogP contribution in [0.1, 0.15) is 38.8 Å². The molecule has 1 aromatic carbocycles. The highest BCUT2D eigenvalue weighted by Gasteiger charge is 2.19. The predicted octanol–water partition coefficient (Wildman–Crippen LogP) is 3.50. The first-order valence-electron chi connectivity index (χ1n) is 8.08. The van der Waals surface area contributed by atoms with Gasteiger partial charge in [0.05, 0.1) is 0 Å². The maximum Gasteiger partial charge on any atom is 0.0481 e. The zero-order valence-electron chi connectivity index (χ0n) is 13.7. The van der Waals surface area contributed by atoms with Gasteiger partial charge in [-0.1, -0.05) is 54.9 Å². The summed E-state index contributed by atoms with van der Waals surface area (Å²) in [5, 5.41) is 0. The molecule has 1 aromatic rings. The van der Waals surface area contributed by atoms with Crippen molar-refractivity contribution in [2.45, 2.75) is 33.2 Å². The van der Waals surface area contributed by atoms with Crippen LogP contribution in [0.5, 0.6) is 0 Å². The van der Waals surface area contributed by atoms with Crippen LogP contribution in [0.25, 0.3) is 0 Å². The van der Waals surface area contributed by atoms with Gasteiger partial charge in [0.15, 0.2) is 0 Å². The van der Waals surface area contributed by atoms with Gasteiger partial charge >= 0.3 is 0 Å². The molecule has 1 atom stereocenters. The standard InChI is InChI=1S/C17H30BrN3/c1-4-20(5-2)12-9-13-21(6-3)17(14-19)15-10-7-8-11-16(15)18/h7-8,10-11,17H,4-6,9,12-14,19H2,1-3H3. The molecule has 120 valence electrons. The third kappa shape index (κ3) is 5.70. The van der Waals surface area contributed by atoms with Gasteiger partial charge in [0, 0.05) is 23.6 Å². The molecule has 0 fully saturated rings. The van der Waals surface area contributed by atoms with Crippen molar-refractivity contribution in [2.24, 2.45) is 5.73 Å². The van der Waals surface area contributed by atoms with E-state index in [0.717, 1.165) is 37.2 Å². The third-order valence-electron chi connectivity index (χ3n) is 4.15. The molecule has 0 spiro atoms. The number of likely N-dealkylation sites (N-methyl/N-ethyl adjacent to an activating group) is 1. The second-order valence-corrected chi connectivity index (χ2v) is 6.14. The number of nitrogens with two attached hydrogens (primary N) is 1. The maximum atomic E-state index is 6.06. The minimum atomic E-state index is 0.294. The molecule has 0 saturated heterocycles. The molecule has 1 rings (SSSR count).